The summed E-state index contributed by atoms with van der Waals surface area (Å²) < 4.78 is 39.7. The highest BCUT2D eigenvalue weighted by molar-refractivity contribution is 8.23. The minimum Gasteiger partial charge on any atom is -0.493 e. The number of thioether (sulfide) groups is 1. The van der Waals surface area contributed by atoms with Gasteiger partial charge in [-0.15, -0.1) is 0 Å². The van der Waals surface area contributed by atoms with E-state index in [0.29, 0.717) is 10.2 Å². The van der Waals surface area contributed by atoms with E-state index in [1.165, 1.54) is 33.5 Å². The first-order valence-corrected chi connectivity index (χ1v) is 9.87. The quantitative estimate of drug-likeness (QED) is 0.589. The van der Waals surface area contributed by atoms with Gasteiger partial charge in [-0.1, -0.05) is 11.8 Å². The molecule has 134 valence electrons. The van der Waals surface area contributed by atoms with Gasteiger partial charge in [-0.2, -0.15) is 4.41 Å². The summed E-state index contributed by atoms with van der Waals surface area (Å²) in [5.41, 5.74) is 2.37. The summed E-state index contributed by atoms with van der Waals surface area (Å²) in [6.07, 6.45) is 2.54. The topological polar surface area (TPSA) is 94.2 Å². The van der Waals surface area contributed by atoms with E-state index < -0.39 is 15.9 Å². The summed E-state index contributed by atoms with van der Waals surface area (Å²) in [5, 5.41) is 0. The third-order valence-electron chi connectivity index (χ3n) is 2.80. The van der Waals surface area contributed by atoms with Gasteiger partial charge in [0.05, 0.1) is 27.6 Å². The van der Waals surface area contributed by atoms with Gasteiger partial charge < -0.3 is 14.2 Å². The zero-order valence-corrected chi connectivity index (χ0v) is 16.2. The van der Waals surface area contributed by atoms with Crippen LogP contribution >= 0.6 is 24.0 Å². The predicted octanol–water partition coefficient (Wildman–Crippen LogP) is 1.27. The average Bonchev–Trinajstić information content (AvgIpc) is 2.56. The average molecular weight is 394 g/mol. The fraction of sp³-hybridized carbons (Fsp3) is 0.385. The van der Waals surface area contributed by atoms with Crippen LogP contribution in [0.25, 0.3) is 0 Å². The molecule has 0 heterocycles. The van der Waals surface area contributed by atoms with Crippen LogP contribution in [0, 0.1) is 0 Å². The molecule has 0 bridgehead atoms. The van der Waals surface area contributed by atoms with Crippen molar-refractivity contribution in [1.29, 1.82) is 0 Å². The van der Waals surface area contributed by atoms with Crippen LogP contribution in [0.5, 0.6) is 17.2 Å². The Morgan fingerprint density at radius 2 is 1.67 bits per heavy atom. The van der Waals surface area contributed by atoms with E-state index in [9.17, 15) is 13.2 Å². The third-order valence-corrected chi connectivity index (χ3v) is 5.18. The molecule has 24 heavy (non-hydrogen) atoms. The molecule has 0 atom stereocenters. The normalized spacial score (nSPS) is 10.7. The number of thiocarbonyl (C=S) groups is 1. The smallest absolute Gasteiger partial charge is 0.271 e. The third kappa shape index (κ3) is 4.65. The van der Waals surface area contributed by atoms with E-state index in [-0.39, 0.29) is 21.4 Å². The summed E-state index contributed by atoms with van der Waals surface area (Å²) in [4.78, 5) is 12.4. The van der Waals surface area contributed by atoms with E-state index in [1.54, 1.807) is 6.26 Å². The number of carbonyl (C=O) groups is 1. The highest BCUT2D eigenvalue weighted by atomic mass is 32.2. The largest absolute Gasteiger partial charge is 0.493 e. The lowest BCUT2D eigenvalue weighted by molar-refractivity contribution is 0.0912. The maximum absolute atomic E-state index is 12.4. The van der Waals surface area contributed by atoms with Crippen LogP contribution in [-0.4, -0.2) is 56.9 Å². The molecule has 0 aliphatic rings. The molecule has 1 amide bonds. The number of carbonyl (C=O) groups excluding carboxylic acids is 1. The van der Waals surface area contributed by atoms with Crippen molar-refractivity contribution >= 4 is 44.2 Å². The molecule has 1 rings (SSSR count). The summed E-state index contributed by atoms with van der Waals surface area (Å²) in [6.45, 7) is 0. The minimum atomic E-state index is -3.77. The van der Waals surface area contributed by atoms with Crippen LogP contribution < -0.4 is 19.6 Å². The number of methoxy groups -OCH3 is 3. The number of ether oxygens (including phenoxy) is 3. The number of amides is 1. The highest BCUT2D eigenvalue weighted by Crippen LogP contribution is 2.38. The van der Waals surface area contributed by atoms with Crippen LogP contribution in [0.4, 0.5) is 0 Å². The monoisotopic (exact) mass is 394 g/mol. The maximum Gasteiger partial charge on any atom is 0.271 e. The predicted molar refractivity (Wildman–Crippen MR) is 96.4 cm³/mol. The standard InChI is InChI=1S/C13H18N2O6S3/c1-19-9-6-8(7-10(20-2)11(9)21-3)12(16)14-15(13(22)23-4)24(5,17)18/h6-7H,1-5H3,(H,14,16). The van der Waals surface area contributed by atoms with Crippen LogP contribution in [0.2, 0.25) is 0 Å². The van der Waals surface area contributed by atoms with Crippen molar-refractivity contribution in [2.75, 3.05) is 33.8 Å². The second-order valence-corrected chi connectivity index (χ2v) is 7.62. The Hall–Kier alpha value is -1.72. The van der Waals surface area contributed by atoms with Crippen molar-refractivity contribution in [3.8, 4) is 17.2 Å². The molecule has 0 aromatic heterocycles. The Labute approximate surface area is 150 Å². The van der Waals surface area contributed by atoms with Crippen molar-refractivity contribution < 1.29 is 27.4 Å². The lowest BCUT2D eigenvalue weighted by Crippen LogP contribution is -2.47. The van der Waals surface area contributed by atoms with Gasteiger partial charge in [-0.05, 0) is 30.6 Å². The van der Waals surface area contributed by atoms with Gasteiger partial charge in [0.25, 0.3) is 15.9 Å². The number of benzene rings is 1. The van der Waals surface area contributed by atoms with E-state index in [2.05, 4.69) is 5.43 Å². The van der Waals surface area contributed by atoms with E-state index in [4.69, 9.17) is 26.4 Å². The van der Waals surface area contributed by atoms with Crippen molar-refractivity contribution in [3.63, 3.8) is 0 Å². The SMILES string of the molecule is COc1cc(C(=O)NN(C(=S)SC)S(C)(=O)=O)cc(OC)c1OC. The molecule has 0 spiro atoms. The van der Waals surface area contributed by atoms with Gasteiger partial charge in [0.15, 0.2) is 15.8 Å². The molecule has 0 aliphatic heterocycles. The van der Waals surface area contributed by atoms with Gasteiger partial charge >= 0.3 is 0 Å². The first kappa shape index (κ1) is 20.3. The van der Waals surface area contributed by atoms with Crippen molar-refractivity contribution in [3.05, 3.63) is 17.7 Å². The molecule has 0 fully saturated rings. The van der Waals surface area contributed by atoms with Gasteiger partial charge in [0.1, 0.15) is 0 Å². The van der Waals surface area contributed by atoms with Crippen molar-refractivity contribution in [1.82, 2.24) is 9.84 Å². The molecule has 0 saturated carbocycles. The van der Waals surface area contributed by atoms with Gasteiger partial charge in [0.2, 0.25) is 5.75 Å². The Bertz CT molecular complexity index is 710. The number of nitrogens with one attached hydrogen (secondary N) is 1. The van der Waals surface area contributed by atoms with Crippen LogP contribution in [0.1, 0.15) is 10.4 Å². The summed E-state index contributed by atoms with van der Waals surface area (Å²) in [6, 6.07) is 2.80. The number of rotatable bonds is 5. The molecular weight excluding hydrogens is 376 g/mol. The van der Waals surface area contributed by atoms with E-state index in [0.717, 1.165) is 18.0 Å². The number of hydrogen-bond donors (Lipinski definition) is 1. The minimum absolute atomic E-state index is 0.0155. The molecule has 0 unspecified atom stereocenters. The number of hydrogen-bond acceptors (Lipinski definition) is 8. The van der Waals surface area contributed by atoms with Crippen LogP contribution in [-0.2, 0) is 10.0 Å². The molecular formula is C13H18N2O6S3. The fourth-order valence-electron chi connectivity index (χ4n) is 1.72. The van der Waals surface area contributed by atoms with Gasteiger partial charge in [-0.3, -0.25) is 4.79 Å². The van der Waals surface area contributed by atoms with E-state index in [1.807, 2.05) is 0 Å². The van der Waals surface area contributed by atoms with Crippen molar-refractivity contribution in [2.24, 2.45) is 0 Å². The number of nitrogens with zero attached hydrogens (tertiary/aromatic N) is 1. The second-order valence-electron chi connectivity index (χ2n) is 4.35. The number of sulfonamides is 1. The Morgan fingerprint density at radius 3 is 2.00 bits per heavy atom. The van der Waals surface area contributed by atoms with Crippen LogP contribution in [0.15, 0.2) is 12.1 Å². The molecule has 1 N–H and O–H groups in total. The zero-order valence-electron chi connectivity index (χ0n) is 13.8. The molecule has 1 aromatic carbocycles. The lowest BCUT2D eigenvalue weighted by Gasteiger charge is -2.22. The van der Waals surface area contributed by atoms with E-state index >= 15 is 0 Å². The molecule has 0 aliphatic carbocycles. The first-order valence-electron chi connectivity index (χ1n) is 6.38. The summed E-state index contributed by atoms with van der Waals surface area (Å²) in [5.74, 6) is 0.146. The molecule has 8 nitrogen and oxygen atoms in total. The maximum atomic E-state index is 12.4. The van der Waals surface area contributed by atoms with Gasteiger partial charge in [0, 0.05) is 5.56 Å². The molecule has 1 aromatic rings. The molecule has 0 saturated heterocycles. The second kappa shape index (κ2) is 8.40. The first-order chi connectivity index (χ1) is 11.2. The van der Waals surface area contributed by atoms with Crippen molar-refractivity contribution in [2.45, 2.75) is 0 Å². The Kier molecular flexibility index (Phi) is 7.11. The Morgan fingerprint density at radius 1 is 1.17 bits per heavy atom. The fourth-order valence-corrected chi connectivity index (χ4v) is 3.53. The Balaban J connectivity index is 3.26. The summed E-state index contributed by atoms with van der Waals surface area (Å²) >= 11 is 5.97. The number of hydrazine groups is 1. The molecule has 0 radical (unpaired) electrons. The zero-order chi connectivity index (χ0) is 18.5. The highest BCUT2D eigenvalue weighted by Gasteiger charge is 2.24. The summed E-state index contributed by atoms with van der Waals surface area (Å²) in [7, 11) is 0.476. The molecule has 11 heteroatoms. The van der Waals surface area contributed by atoms with Gasteiger partial charge in [-0.25, -0.2) is 13.8 Å². The lowest BCUT2D eigenvalue weighted by atomic mass is 10.1. The van der Waals surface area contributed by atoms with Crippen LogP contribution in [0.3, 0.4) is 0 Å².